The van der Waals surface area contributed by atoms with Gasteiger partial charge in [-0.25, -0.2) is 4.39 Å². The number of unbranched alkanes of at least 4 members (excludes halogenated alkanes) is 2. The Balaban J connectivity index is 1.86. The van der Waals surface area contributed by atoms with Gasteiger partial charge in [-0.3, -0.25) is 14.5 Å². The summed E-state index contributed by atoms with van der Waals surface area (Å²) >= 11 is 0. The molecular formula is C31H32FNO7. The van der Waals surface area contributed by atoms with Gasteiger partial charge in [0.2, 0.25) is 5.75 Å². The maximum Gasteiger partial charge on any atom is 0.300 e. The molecule has 1 unspecified atom stereocenters. The molecule has 1 aliphatic heterocycles. The number of amides is 1. The van der Waals surface area contributed by atoms with Gasteiger partial charge in [-0.15, -0.1) is 0 Å². The van der Waals surface area contributed by atoms with Crippen molar-refractivity contribution in [2.45, 2.75) is 32.2 Å². The van der Waals surface area contributed by atoms with Crippen LogP contribution in [-0.4, -0.2) is 44.7 Å². The standard InChI is InChI=1S/C31H32FNO7/c1-5-6-7-15-40-23-13-11-19(12-14-23)28(34)26-27(20-16-24(37-2)30(39-4)25(17-20)38-3)33(31(36)29(26)35)22-10-8-9-21(32)18-22/h8-14,16-18,27,34H,5-7,15H2,1-4H3/b28-26+. The lowest BCUT2D eigenvalue weighted by Crippen LogP contribution is -2.29. The molecule has 1 amide bonds. The van der Waals surface area contributed by atoms with E-state index in [1.807, 2.05) is 0 Å². The van der Waals surface area contributed by atoms with Crippen LogP contribution in [0.3, 0.4) is 0 Å². The summed E-state index contributed by atoms with van der Waals surface area (Å²) < 4.78 is 36.4. The second kappa shape index (κ2) is 12.5. The predicted octanol–water partition coefficient (Wildman–Crippen LogP) is 6.05. The lowest BCUT2D eigenvalue weighted by atomic mass is 9.94. The predicted molar refractivity (Wildman–Crippen MR) is 149 cm³/mol. The lowest BCUT2D eigenvalue weighted by molar-refractivity contribution is -0.132. The van der Waals surface area contributed by atoms with Gasteiger partial charge >= 0.3 is 0 Å². The molecule has 40 heavy (non-hydrogen) atoms. The Morgan fingerprint density at radius 2 is 1.60 bits per heavy atom. The lowest BCUT2D eigenvalue weighted by Gasteiger charge is -2.26. The molecule has 4 rings (SSSR count). The Labute approximate surface area is 232 Å². The third kappa shape index (κ3) is 5.59. The summed E-state index contributed by atoms with van der Waals surface area (Å²) in [5.41, 5.74) is 0.682. The Hall–Kier alpha value is -4.53. The maximum absolute atomic E-state index is 14.2. The van der Waals surface area contributed by atoms with Gasteiger partial charge in [-0.1, -0.05) is 25.8 Å². The first-order valence-electron chi connectivity index (χ1n) is 12.9. The van der Waals surface area contributed by atoms with Crippen LogP contribution in [0.4, 0.5) is 10.1 Å². The second-order valence-corrected chi connectivity index (χ2v) is 9.19. The van der Waals surface area contributed by atoms with Gasteiger partial charge in [0.25, 0.3) is 11.7 Å². The number of nitrogens with zero attached hydrogens (tertiary/aromatic N) is 1. The van der Waals surface area contributed by atoms with Crippen molar-refractivity contribution in [3.05, 3.63) is 83.2 Å². The van der Waals surface area contributed by atoms with Crippen molar-refractivity contribution >= 4 is 23.1 Å². The molecule has 0 spiro atoms. The maximum atomic E-state index is 14.2. The number of carbonyl (C=O) groups excluding carboxylic acids is 2. The van der Waals surface area contributed by atoms with E-state index in [1.54, 1.807) is 36.4 Å². The molecule has 0 saturated carbocycles. The fraction of sp³-hybridized carbons (Fsp3) is 0.290. The van der Waals surface area contributed by atoms with Gasteiger partial charge in [0.05, 0.1) is 39.6 Å². The highest BCUT2D eigenvalue weighted by atomic mass is 19.1. The number of ether oxygens (including phenoxy) is 4. The van der Waals surface area contributed by atoms with Crippen LogP contribution in [0, 0.1) is 5.82 Å². The van der Waals surface area contributed by atoms with Crippen LogP contribution in [-0.2, 0) is 9.59 Å². The number of anilines is 1. The number of methoxy groups -OCH3 is 3. The highest BCUT2D eigenvalue weighted by Gasteiger charge is 2.47. The molecule has 3 aromatic carbocycles. The quantitative estimate of drug-likeness (QED) is 0.135. The van der Waals surface area contributed by atoms with Crippen molar-refractivity contribution in [3.8, 4) is 23.0 Å². The number of carbonyl (C=O) groups is 2. The third-order valence-corrected chi connectivity index (χ3v) is 6.68. The first-order valence-corrected chi connectivity index (χ1v) is 12.9. The molecule has 0 bridgehead atoms. The molecule has 1 N–H and O–H groups in total. The summed E-state index contributed by atoms with van der Waals surface area (Å²) in [6, 6.07) is 14.0. The minimum Gasteiger partial charge on any atom is -0.507 e. The highest BCUT2D eigenvalue weighted by molar-refractivity contribution is 6.51. The smallest absolute Gasteiger partial charge is 0.300 e. The SMILES string of the molecule is CCCCCOc1ccc(/C(O)=C2\C(=O)C(=O)N(c3cccc(F)c3)C2c2cc(OC)c(OC)c(OC)c2)cc1. The molecule has 0 radical (unpaired) electrons. The van der Waals surface area contributed by atoms with Gasteiger partial charge in [0, 0.05) is 11.3 Å². The van der Waals surface area contributed by atoms with Crippen LogP contribution in [0.5, 0.6) is 23.0 Å². The first-order chi connectivity index (χ1) is 19.3. The molecule has 3 aromatic rings. The molecule has 210 valence electrons. The number of Topliss-reactive ketones (excluding diaryl/α,β-unsaturated/α-hetero) is 1. The average molecular weight is 550 g/mol. The Morgan fingerprint density at radius 1 is 0.925 bits per heavy atom. The molecule has 1 aliphatic rings. The zero-order valence-corrected chi connectivity index (χ0v) is 22.9. The monoisotopic (exact) mass is 549 g/mol. The van der Waals surface area contributed by atoms with Crippen molar-refractivity contribution in [2.75, 3.05) is 32.8 Å². The number of aliphatic hydroxyl groups excluding tert-OH is 1. The summed E-state index contributed by atoms with van der Waals surface area (Å²) in [4.78, 5) is 28.0. The van der Waals surface area contributed by atoms with E-state index in [-0.39, 0.29) is 28.5 Å². The van der Waals surface area contributed by atoms with Crippen molar-refractivity contribution in [1.82, 2.24) is 0 Å². The minimum atomic E-state index is -1.12. The third-order valence-electron chi connectivity index (χ3n) is 6.68. The number of halogens is 1. The average Bonchev–Trinajstić information content (AvgIpc) is 3.24. The van der Waals surface area contributed by atoms with Gasteiger partial charge in [0.15, 0.2) is 11.5 Å². The van der Waals surface area contributed by atoms with E-state index in [0.717, 1.165) is 30.2 Å². The number of hydrogen-bond donors (Lipinski definition) is 1. The number of aliphatic hydroxyl groups is 1. The van der Waals surface area contributed by atoms with Crippen LogP contribution in [0.15, 0.2) is 66.2 Å². The molecular weight excluding hydrogens is 517 g/mol. The molecule has 0 aliphatic carbocycles. The van der Waals surface area contributed by atoms with E-state index in [0.29, 0.717) is 29.2 Å². The van der Waals surface area contributed by atoms with Crippen molar-refractivity contribution in [3.63, 3.8) is 0 Å². The zero-order valence-electron chi connectivity index (χ0n) is 22.9. The molecule has 1 saturated heterocycles. The van der Waals surface area contributed by atoms with E-state index in [4.69, 9.17) is 18.9 Å². The number of ketones is 1. The molecule has 1 fully saturated rings. The number of hydrogen-bond acceptors (Lipinski definition) is 7. The fourth-order valence-electron chi connectivity index (χ4n) is 4.71. The van der Waals surface area contributed by atoms with E-state index in [9.17, 15) is 19.1 Å². The summed E-state index contributed by atoms with van der Waals surface area (Å²) in [6.45, 7) is 2.68. The molecule has 8 nitrogen and oxygen atoms in total. The summed E-state index contributed by atoms with van der Waals surface area (Å²) in [6.07, 6.45) is 3.07. The highest BCUT2D eigenvalue weighted by Crippen LogP contribution is 2.47. The van der Waals surface area contributed by atoms with Gasteiger partial charge in [0.1, 0.15) is 17.3 Å². The van der Waals surface area contributed by atoms with Crippen LogP contribution >= 0.6 is 0 Å². The normalized spacial score (nSPS) is 16.2. The fourth-order valence-corrected chi connectivity index (χ4v) is 4.71. The van der Waals surface area contributed by atoms with E-state index < -0.39 is 23.5 Å². The van der Waals surface area contributed by atoms with Crippen molar-refractivity contribution in [1.29, 1.82) is 0 Å². The number of benzene rings is 3. The van der Waals surface area contributed by atoms with E-state index in [1.165, 1.54) is 39.5 Å². The van der Waals surface area contributed by atoms with E-state index in [2.05, 4.69) is 6.92 Å². The van der Waals surface area contributed by atoms with Crippen LogP contribution < -0.4 is 23.8 Å². The molecule has 9 heteroatoms. The number of rotatable bonds is 11. The second-order valence-electron chi connectivity index (χ2n) is 9.19. The van der Waals surface area contributed by atoms with E-state index >= 15 is 0 Å². The Morgan fingerprint density at radius 3 is 2.17 bits per heavy atom. The molecule has 1 atom stereocenters. The van der Waals surface area contributed by atoms with Gasteiger partial charge < -0.3 is 24.1 Å². The van der Waals surface area contributed by atoms with Crippen molar-refractivity contribution in [2.24, 2.45) is 0 Å². The van der Waals surface area contributed by atoms with Gasteiger partial charge in [-0.05, 0) is 66.6 Å². The van der Waals surface area contributed by atoms with Crippen molar-refractivity contribution < 1.29 is 38.0 Å². The molecule has 0 aromatic heterocycles. The molecule has 1 heterocycles. The Kier molecular flexibility index (Phi) is 8.93. The summed E-state index contributed by atoms with van der Waals surface area (Å²) in [5.74, 6) is -1.30. The Bertz CT molecular complexity index is 1390. The van der Waals surface area contributed by atoms with Gasteiger partial charge in [-0.2, -0.15) is 0 Å². The largest absolute Gasteiger partial charge is 0.507 e. The zero-order chi connectivity index (χ0) is 28.8. The van der Waals surface area contributed by atoms with Crippen LogP contribution in [0.25, 0.3) is 5.76 Å². The summed E-state index contributed by atoms with van der Waals surface area (Å²) in [7, 11) is 4.34. The minimum absolute atomic E-state index is 0.149. The topological polar surface area (TPSA) is 94.5 Å². The van der Waals surface area contributed by atoms with Crippen LogP contribution in [0.1, 0.15) is 43.4 Å². The summed E-state index contributed by atoms with van der Waals surface area (Å²) in [5, 5.41) is 11.4. The first kappa shape index (κ1) is 28.5. The van der Waals surface area contributed by atoms with Crippen LogP contribution in [0.2, 0.25) is 0 Å².